The Balaban J connectivity index is 2.25. The fraction of sp³-hybridized carbons (Fsp3) is 0.556. The van der Waals surface area contributed by atoms with E-state index in [1.54, 1.807) is 6.92 Å². The first-order valence-corrected chi connectivity index (χ1v) is 6.59. The van der Waals surface area contributed by atoms with Crippen LogP contribution in [0.1, 0.15) is 13.3 Å². The van der Waals surface area contributed by atoms with Crippen molar-refractivity contribution < 1.29 is 13.2 Å². The van der Waals surface area contributed by atoms with E-state index in [9.17, 15) is 13.2 Å². The highest BCUT2D eigenvalue weighted by atomic mass is 32.2. The minimum Gasteiger partial charge on any atom is -0.369 e. The van der Waals surface area contributed by atoms with Crippen molar-refractivity contribution in [1.82, 2.24) is 14.3 Å². The molecule has 1 aliphatic rings. The summed E-state index contributed by atoms with van der Waals surface area (Å²) in [6.07, 6.45) is 2.99. The van der Waals surface area contributed by atoms with Crippen molar-refractivity contribution in [2.45, 2.75) is 18.4 Å². The monoisotopic (exact) mass is 258 g/mol. The second-order valence-electron chi connectivity index (χ2n) is 4.43. The molecule has 0 aliphatic carbocycles. The molecule has 1 atom stereocenters. The number of imidazole rings is 1. The fourth-order valence-electron chi connectivity index (χ4n) is 1.85. The molecule has 1 unspecified atom stereocenters. The van der Waals surface area contributed by atoms with Gasteiger partial charge >= 0.3 is 0 Å². The van der Waals surface area contributed by atoms with Crippen LogP contribution in [-0.4, -0.2) is 41.7 Å². The number of H-pyrrole nitrogens is 1. The fourth-order valence-corrected chi connectivity index (χ4v) is 3.31. The number of carbonyl (C=O) groups excluding carboxylic acids is 1. The number of primary amides is 1. The van der Waals surface area contributed by atoms with Crippen molar-refractivity contribution in [3.8, 4) is 0 Å². The van der Waals surface area contributed by atoms with Crippen LogP contribution in [0.3, 0.4) is 0 Å². The van der Waals surface area contributed by atoms with Gasteiger partial charge in [-0.2, -0.15) is 4.31 Å². The van der Waals surface area contributed by atoms with Gasteiger partial charge in [0, 0.05) is 13.1 Å². The van der Waals surface area contributed by atoms with E-state index >= 15 is 0 Å². The molecule has 8 heteroatoms. The lowest BCUT2D eigenvalue weighted by Gasteiger charge is -2.20. The van der Waals surface area contributed by atoms with Gasteiger partial charge in [-0.1, -0.05) is 0 Å². The molecule has 0 aromatic carbocycles. The number of carbonyl (C=O) groups is 1. The lowest BCUT2D eigenvalue weighted by atomic mass is 9.89. The van der Waals surface area contributed by atoms with E-state index in [0.29, 0.717) is 13.0 Å². The number of nitrogens with two attached hydrogens (primary N) is 1. The Morgan fingerprint density at radius 1 is 1.65 bits per heavy atom. The molecule has 1 aromatic rings. The Kier molecular flexibility index (Phi) is 2.70. The summed E-state index contributed by atoms with van der Waals surface area (Å²) in [5, 5.41) is 0.0335. The standard InChI is InChI=1S/C9H14N4O3S/c1-9(8(10)14)2-3-13(5-9)17(15,16)7-4-11-6-12-7/h4,6H,2-3,5H2,1H3,(H2,10,14)(H,11,12). The van der Waals surface area contributed by atoms with Crippen molar-refractivity contribution in [3.63, 3.8) is 0 Å². The lowest BCUT2D eigenvalue weighted by Crippen LogP contribution is -2.38. The molecular formula is C9H14N4O3S. The summed E-state index contributed by atoms with van der Waals surface area (Å²) in [6.45, 7) is 2.09. The molecule has 0 bridgehead atoms. The second kappa shape index (κ2) is 3.81. The van der Waals surface area contributed by atoms with Gasteiger partial charge in [-0.05, 0) is 13.3 Å². The van der Waals surface area contributed by atoms with Gasteiger partial charge in [-0.15, -0.1) is 0 Å². The van der Waals surface area contributed by atoms with Crippen LogP contribution in [0.2, 0.25) is 0 Å². The molecule has 2 rings (SSSR count). The summed E-state index contributed by atoms with van der Waals surface area (Å²) in [5.74, 6) is -0.472. The van der Waals surface area contributed by atoms with Crippen molar-refractivity contribution in [1.29, 1.82) is 0 Å². The third-order valence-corrected chi connectivity index (χ3v) is 4.89. The van der Waals surface area contributed by atoms with Gasteiger partial charge in [0.2, 0.25) is 5.91 Å². The SMILES string of the molecule is CC1(C(N)=O)CCN(S(=O)(=O)c2cnc[nH]2)C1. The van der Waals surface area contributed by atoms with Crippen LogP contribution in [0.5, 0.6) is 0 Å². The number of hydrogen-bond donors (Lipinski definition) is 2. The van der Waals surface area contributed by atoms with E-state index in [0.717, 1.165) is 0 Å². The molecule has 2 heterocycles. The summed E-state index contributed by atoms with van der Waals surface area (Å²) >= 11 is 0. The molecule has 1 amide bonds. The van der Waals surface area contributed by atoms with Gasteiger partial charge in [0.25, 0.3) is 10.0 Å². The number of rotatable bonds is 3. The van der Waals surface area contributed by atoms with Crippen LogP contribution in [-0.2, 0) is 14.8 Å². The van der Waals surface area contributed by atoms with Crippen LogP contribution in [0.15, 0.2) is 17.6 Å². The van der Waals surface area contributed by atoms with Crippen molar-refractivity contribution in [3.05, 3.63) is 12.5 Å². The number of sulfonamides is 1. The van der Waals surface area contributed by atoms with Crippen molar-refractivity contribution >= 4 is 15.9 Å². The molecule has 0 spiro atoms. The smallest absolute Gasteiger partial charge is 0.260 e. The van der Waals surface area contributed by atoms with Crippen LogP contribution in [0.25, 0.3) is 0 Å². The first-order chi connectivity index (χ1) is 7.86. The van der Waals surface area contributed by atoms with Crippen LogP contribution in [0, 0.1) is 5.41 Å². The Hall–Kier alpha value is -1.41. The first kappa shape index (κ1) is 12.1. The average Bonchev–Trinajstić information content (AvgIpc) is 2.86. The van der Waals surface area contributed by atoms with Gasteiger partial charge in [0.05, 0.1) is 17.9 Å². The molecule has 0 saturated carbocycles. The number of nitrogens with zero attached hydrogens (tertiary/aromatic N) is 2. The summed E-state index contributed by atoms with van der Waals surface area (Å²) < 4.78 is 25.5. The predicted octanol–water partition coefficient (Wildman–Crippen LogP) is -0.704. The minimum atomic E-state index is -3.59. The van der Waals surface area contributed by atoms with Crippen molar-refractivity contribution in [2.75, 3.05) is 13.1 Å². The maximum atomic E-state index is 12.1. The third kappa shape index (κ3) is 1.93. The Morgan fingerprint density at radius 3 is 2.82 bits per heavy atom. The van der Waals surface area contributed by atoms with Crippen LogP contribution >= 0.6 is 0 Å². The van der Waals surface area contributed by atoms with Gasteiger partial charge < -0.3 is 10.7 Å². The number of aromatic amines is 1. The lowest BCUT2D eigenvalue weighted by molar-refractivity contribution is -0.126. The second-order valence-corrected chi connectivity index (χ2v) is 6.34. The molecule has 17 heavy (non-hydrogen) atoms. The van der Waals surface area contributed by atoms with E-state index < -0.39 is 21.3 Å². The summed E-state index contributed by atoms with van der Waals surface area (Å²) in [5.41, 5.74) is 4.49. The average molecular weight is 258 g/mol. The molecule has 1 fully saturated rings. The van der Waals surface area contributed by atoms with E-state index in [4.69, 9.17) is 5.73 Å². The maximum absolute atomic E-state index is 12.1. The molecule has 7 nitrogen and oxygen atoms in total. The Morgan fingerprint density at radius 2 is 2.35 bits per heavy atom. The Bertz CT molecular complexity index is 524. The summed E-state index contributed by atoms with van der Waals surface area (Å²) in [4.78, 5) is 17.5. The van der Waals surface area contributed by atoms with E-state index in [1.807, 2.05) is 0 Å². The topological polar surface area (TPSA) is 109 Å². The molecular weight excluding hydrogens is 244 g/mol. The molecule has 3 N–H and O–H groups in total. The van der Waals surface area contributed by atoms with Crippen LogP contribution < -0.4 is 5.73 Å². The third-order valence-electron chi connectivity index (χ3n) is 3.12. The zero-order valence-corrected chi connectivity index (χ0v) is 10.2. The molecule has 94 valence electrons. The number of amides is 1. The van der Waals surface area contributed by atoms with E-state index in [2.05, 4.69) is 9.97 Å². The highest BCUT2D eigenvalue weighted by molar-refractivity contribution is 7.89. The summed E-state index contributed by atoms with van der Waals surface area (Å²) in [7, 11) is -3.59. The minimum absolute atomic E-state index is 0.0335. The summed E-state index contributed by atoms with van der Waals surface area (Å²) in [6, 6.07) is 0. The van der Waals surface area contributed by atoms with Crippen LogP contribution in [0.4, 0.5) is 0 Å². The zero-order chi connectivity index (χ0) is 12.7. The predicted molar refractivity (Wildman–Crippen MR) is 59.3 cm³/mol. The molecule has 1 aliphatic heterocycles. The van der Waals surface area contributed by atoms with Gasteiger partial charge in [0.1, 0.15) is 0 Å². The number of aromatic nitrogens is 2. The molecule has 1 saturated heterocycles. The first-order valence-electron chi connectivity index (χ1n) is 5.15. The largest absolute Gasteiger partial charge is 0.369 e. The maximum Gasteiger partial charge on any atom is 0.260 e. The Labute approximate surface area is 99.1 Å². The highest BCUT2D eigenvalue weighted by Crippen LogP contribution is 2.32. The molecule has 1 aromatic heterocycles. The quantitative estimate of drug-likeness (QED) is 0.746. The van der Waals surface area contributed by atoms with Gasteiger partial charge in [-0.3, -0.25) is 4.79 Å². The van der Waals surface area contributed by atoms with E-state index in [-0.39, 0.29) is 11.6 Å². The number of nitrogens with one attached hydrogen (secondary N) is 1. The van der Waals surface area contributed by atoms with E-state index in [1.165, 1.54) is 16.8 Å². The normalized spacial score (nSPS) is 26.2. The zero-order valence-electron chi connectivity index (χ0n) is 9.38. The molecule has 0 radical (unpaired) electrons. The highest BCUT2D eigenvalue weighted by Gasteiger charge is 2.43. The van der Waals surface area contributed by atoms with Gasteiger partial charge in [0.15, 0.2) is 5.03 Å². The van der Waals surface area contributed by atoms with Gasteiger partial charge in [-0.25, -0.2) is 13.4 Å². The van der Waals surface area contributed by atoms with Crippen molar-refractivity contribution in [2.24, 2.45) is 11.1 Å². The number of hydrogen-bond acceptors (Lipinski definition) is 4.